The van der Waals surface area contributed by atoms with Gasteiger partial charge in [0.05, 0.1) is 4.92 Å². The Balaban J connectivity index is 2.27. The van der Waals surface area contributed by atoms with Gasteiger partial charge in [-0.25, -0.2) is 4.98 Å². The van der Waals surface area contributed by atoms with Gasteiger partial charge in [-0.2, -0.15) is 0 Å². The van der Waals surface area contributed by atoms with E-state index < -0.39 is 4.92 Å². The topological polar surface area (TPSA) is 85.3 Å². The second-order valence-corrected chi connectivity index (χ2v) is 5.52. The Labute approximate surface area is 113 Å². The third-order valence-electron chi connectivity index (χ3n) is 3.28. The van der Waals surface area contributed by atoms with E-state index in [1.165, 1.54) is 6.07 Å². The summed E-state index contributed by atoms with van der Waals surface area (Å²) in [5.74, 6) is 0.807. The van der Waals surface area contributed by atoms with Crippen LogP contribution in [-0.4, -0.2) is 29.0 Å². The van der Waals surface area contributed by atoms with Crippen molar-refractivity contribution in [3.8, 4) is 0 Å². The summed E-state index contributed by atoms with van der Waals surface area (Å²) >= 11 is 3.20. The van der Waals surface area contributed by atoms with E-state index in [9.17, 15) is 10.1 Å². The Bertz CT molecular complexity index is 466. The number of anilines is 1. The van der Waals surface area contributed by atoms with Crippen LogP contribution in [0.1, 0.15) is 13.3 Å². The number of pyridine rings is 1. The quantitative estimate of drug-likeness (QED) is 0.680. The molecule has 0 bridgehead atoms. The van der Waals surface area contributed by atoms with Crippen LogP contribution >= 0.6 is 15.9 Å². The maximum absolute atomic E-state index is 11.0. The summed E-state index contributed by atoms with van der Waals surface area (Å²) in [5.41, 5.74) is 5.91. The van der Waals surface area contributed by atoms with Crippen LogP contribution in [0.2, 0.25) is 0 Å². The van der Waals surface area contributed by atoms with E-state index in [4.69, 9.17) is 5.73 Å². The van der Waals surface area contributed by atoms with Crippen LogP contribution in [0.5, 0.6) is 0 Å². The summed E-state index contributed by atoms with van der Waals surface area (Å²) < 4.78 is 0.612. The molecule has 2 atom stereocenters. The third kappa shape index (κ3) is 2.62. The highest BCUT2D eigenvalue weighted by molar-refractivity contribution is 9.10. The lowest BCUT2D eigenvalue weighted by Gasteiger charge is -2.18. The van der Waals surface area contributed by atoms with Crippen LogP contribution in [0.4, 0.5) is 11.5 Å². The van der Waals surface area contributed by atoms with Gasteiger partial charge in [-0.1, -0.05) is 0 Å². The van der Waals surface area contributed by atoms with Gasteiger partial charge >= 0.3 is 5.69 Å². The smallest absolute Gasteiger partial charge is 0.312 e. The fraction of sp³-hybridized carbons (Fsp3) is 0.545. The molecule has 2 N–H and O–H groups in total. The molecule has 2 unspecified atom stereocenters. The maximum Gasteiger partial charge on any atom is 0.312 e. The van der Waals surface area contributed by atoms with Crippen molar-refractivity contribution in [3.05, 3.63) is 26.9 Å². The predicted molar refractivity (Wildman–Crippen MR) is 72.6 cm³/mol. The first-order chi connectivity index (χ1) is 8.49. The molecular weight excluding hydrogens is 300 g/mol. The number of nitrogens with two attached hydrogens (primary N) is 1. The molecule has 1 saturated heterocycles. The highest BCUT2D eigenvalue weighted by atomic mass is 79.9. The lowest BCUT2D eigenvalue weighted by Crippen LogP contribution is -2.30. The molecule has 0 saturated carbocycles. The summed E-state index contributed by atoms with van der Waals surface area (Å²) in [6.07, 6.45) is 2.54. The lowest BCUT2D eigenvalue weighted by molar-refractivity contribution is -0.384. The highest BCUT2D eigenvalue weighted by Gasteiger charge is 2.30. The average molecular weight is 315 g/mol. The predicted octanol–water partition coefficient (Wildman–Crippen LogP) is 1.93. The van der Waals surface area contributed by atoms with Gasteiger partial charge in [-0.3, -0.25) is 10.1 Å². The number of halogens is 1. The minimum Gasteiger partial charge on any atom is -0.351 e. The van der Waals surface area contributed by atoms with Crippen LogP contribution in [0.15, 0.2) is 16.7 Å². The zero-order valence-electron chi connectivity index (χ0n) is 10.0. The molecule has 1 aliphatic rings. The largest absolute Gasteiger partial charge is 0.351 e. The molecule has 1 fully saturated rings. The van der Waals surface area contributed by atoms with Gasteiger partial charge in [0.2, 0.25) is 5.82 Å². The third-order valence-corrected chi connectivity index (χ3v) is 3.71. The normalized spacial score (nSPS) is 21.1. The highest BCUT2D eigenvalue weighted by Crippen LogP contribution is 2.32. The minimum absolute atomic E-state index is 0.0368. The molecule has 18 heavy (non-hydrogen) atoms. The van der Waals surface area contributed by atoms with Crippen molar-refractivity contribution in [2.45, 2.75) is 19.4 Å². The van der Waals surface area contributed by atoms with Crippen molar-refractivity contribution in [3.63, 3.8) is 0 Å². The molecule has 2 rings (SSSR count). The summed E-state index contributed by atoms with van der Waals surface area (Å²) in [6, 6.07) is 1.59. The summed E-state index contributed by atoms with van der Waals surface area (Å²) in [7, 11) is 0. The summed E-state index contributed by atoms with van der Waals surface area (Å²) in [5, 5.41) is 11.0. The Morgan fingerprint density at radius 2 is 2.44 bits per heavy atom. The van der Waals surface area contributed by atoms with E-state index in [0.717, 1.165) is 19.5 Å². The second kappa shape index (κ2) is 5.19. The molecule has 0 radical (unpaired) electrons. The van der Waals surface area contributed by atoms with E-state index in [0.29, 0.717) is 16.2 Å². The van der Waals surface area contributed by atoms with Crippen LogP contribution in [-0.2, 0) is 0 Å². The Kier molecular flexibility index (Phi) is 3.82. The molecule has 1 aromatic rings. The standard InChI is InChI=1S/C11H15BrN4O2/c1-7(13)8-2-3-15(6-8)11-10(16(17)18)4-9(12)5-14-11/h4-5,7-8H,2-3,6,13H2,1H3. The van der Waals surface area contributed by atoms with E-state index in [-0.39, 0.29) is 11.7 Å². The number of aromatic nitrogens is 1. The number of hydrogen-bond acceptors (Lipinski definition) is 5. The second-order valence-electron chi connectivity index (χ2n) is 4.61. The molecule has 98 valence electrons. The molecule has 1 aromatic heterocycles. The first-order valence-corrected chi connectivity index (χ1v) is 6.59. The summed E-state index contributed by atoms with van der Waals surface area (Å²) in [6.45, 7) is 3.46. The number of hydrogen-bond donors (Lipinski definition) is 1. The maximum atomic E-state index is 11.0. The lowest BCUT2D eigenvalue weighted by atomic mass is 10.0. The van der Waals surface area contributed by atoms with Crippen LogP contribution in [0.3, 0.4) is 0 Å². The van der Waals surface area contributed by atoms with E-state index in [1.54, 1.807) is 6.20 Å². The van der Waals surface area contributed by atoms with Crippen LogP contribution in [0.25, 0.3) is 0 Å². The van der Waals surface area contributed by atoms with Crippen LogP contribution < -0.4 is 10.6 Å². The van der Waals surface area contributed by atoms with Crippen molar-refractivity contribution in [1.82, 2.24) is 4.98 Å². The first-order valence-electron chi connectivity index (χ1n) is 5.79. The number of nitrogens with zero attached hydrogens (tertiary/aromatic N) is 3. The van der Waals surface area contributed by atoms with Gasteiger partial charge < -0.3 is 10.6 Å². The van der Waals surface area contributed by atoms with Crippen molar-refractivity contribution >= 4 is 27.4 Å². The fourth-order valence-electron chi connectivity index (χ4n) is 2.21. The summed E-state index contributed by atoms with van der Waals surface area (Å²) in [4.78, 5) is 16.8. The molecule has 0 aromatic carbocycles. The SMILES string of the molecule is CC(N)C1CCN(c2ncc(Br)cc2[N+](=O)[O-])C1. The Morgan fingerprint density at radius 3 is 3.00 bits per heavy atom. The molecule has 6 nitrogen and oxygen atoms in total. The Morgan fingerprint density at radius 1 is 1.72 bits per heavy atom. The van der Waals surface area contributed by atoms with E-state index in [2.05, 4.69) is 20.9 Å². The number of rotatable bonds is 3. The molecule has 7 heteroatoms. The fourth-order valence-corrected chi connectivity index (χ4v) is 2.53. The van der Waals surface area contributed by atoms with Crippen molar-refractivity contribution in [2.75, 3.05) is 18.0 Å². The van der Waals surface area contributed by atoms with Gasteiger partial charge in [0, 0.05) is 35.9 Å². The van der Waals surface area contributed by atoms with E-state index >= 15 is 0 Å². The monoisotopic (exact) mass is 314 g/mol. The zero-order chi connectivity index (χ0) is 13.3. The van der Waals surface area contributed by atoms with Crippen molar-refractivity contribution < 1.29 is 4.92 Å². The number of nitro groups is 1. The zero-order valence-corrected chi connectivity index (χ0v) is 11.6. The molecule has 0 aliphatic carbocycles. The van der Waals surface area contributed by atoms with Crippen molar-refractivity contribution in [2.24, 2.45) is 11.7 Å². The van der Waals surface area contributed by atoms with Gasteiger partial charge in [0.1, 0.15) is 0 Å². The first kappa shape index (κ1) is 13.2. The molecule has 2 heterocycles. The van der Waals surface area contributed by atoms with Gasteiger partial charge in [0.15, 0.2) is 0 Å². The molecular formula is C11H15BrN4O2. The molecule has 1 aliphatic heterocycles. The minimum atomic E-state index is -0.397. The Hall–Kier alpha value is -1.21. The van der Waals surface area contributed by atoms with Gasteiger partial charge in [0.25, 0.3) is 0 Å². The molecule has 0 amide bonds. The van der Waals surface area contributed by atoms with Gasteiger partial charge in [-0.15, -0.1) is 0 Å². The van der Waals surface area contributed by atoms with Crippen LogP contribution in [0, 0.1) is 16.0 Å². The van der Waals surface area contributed by atoms with Gasteiger partial charge in [-0.05, 0) is 35.2 Å². The van der Waals surface area contributed by atoms with Crippen molar-refractivity contribution in [1.29, 1.82) is 0 Å². The van der Waals surface area contributed by atoms with E-state index in [1.807, 2.05) is 11.8 Å². The molecule has 0 spiro atoms. The average Bonchev–Trinajstić information content (AvgIpc) is 2.78.